The third-order valence-electron chi connectivity index (χ3n) is 5.32. The summed E-state index contributed by atoms with van der Waals surface area (Å²) in [4.78, 5) is 15.0. The van der Waals surface area contributed by atoms with Gasteiger partial charge in [0.15, 0.2) is 0 Å². The zero-order chi connectivity index (χ0) is 21.8. The molecule has 3 aromatic rings. The number of nitrogens with zero attached hydrogens (tertiary/aromatic N) is 1. The van der Waals surface area contributed by atoms with Gasteiger partial charge < -0.3 is 10.2 Å². The first kappa shape index (κ1) is 21.1. The van der Waals surface area contributed by atoms with Crippen LogP contribution in [0.5, 0.6) is 0 Å². The Labute approximate surface area is 183 Å². The van der Waals surface area contributed by atoms with E-state index >= 15 is 0 Å². The van der Waals surface area contributed by atoms with Crippen LogP contribution in [0.15, 0.2) is 83.8 Å². The minimum Gasteiger partial charge on any atom is -0.343 e. The number of benzene rings is 3. The maximum absolute atomic E-state index is 12.9. The Kier molecular flexibility index (Phi) is 6.06. The molecule has 1 aliphatic rings. The van der Waals surface area contributed by atoms with Crippen molar-refractivity contribution in [1.82, 2.24) is 4.72 Å². The van der Waals surface area contributed by atoms with Crippen LogP contribution in [0.1, 0.15) is 23.2 Å². The number of rotatable bonds is 8. The van der Waals surface area contributed by atoms with E-state index in [1.165, 1.54) is 12.1 Å². The minimum absolute atomic E-state index is 0.0930. The Morgan fingerprint density at radius 3 is 2.42 bits per heavy atom. The molecule has 160 valence electrons. The Hall–Kier alpha value is -3.16. The molecule has 1 fully saturated rings. The fourth-order valence-electron chi connectivity index (χ4n) is 3.29. The van der Waals surface area contributed by atoms with Crippen LogP contribution in [-0.4, -0.2) is 27.9 Å². The first-order valence-electron chi connectivity index (χ1n) is 10.2. The highest BCUT2D eigenvalue weighted by Crippen LogP contribution is 2.31. The third kappa shape index (κ3) is 5.13. The highest BCUT2D eigenvalue weighted by atomic mass is 32.2. The second-order valence-corrected chi connectivity index (χ2v) is 9.46. The number of nitrogens with one attached hydrogen (secondary N) is 2. The summed E-state index contributed by atoms with van der Waals surface area (Å²) in [7, 11) is -1.71. The molecule has 6 nitrogen and oxygen atoms in total. The van der Waals surface area contributed by atoms with Gasteiger partial charge in [-0.3, -0.25) is 4.79 Å². The first-order valence-corrected chi connectivity index (χ1v) is 11.7. The molecule has 0 saturated heterocycles. The van der Waals surface area contributed by atoms with E-state index in [4.69, 9.17) is 0 Å². The van der Waals surface area contributed by atoms with E-state index in [1.807, 2.05) is 66.5 Å². The highest BCUT2D eigenvalue weighted by molar-refractivity contribution is 7.89. The van der Waals surface area contributed by atoms with E-state index in [0.717, 1.165) is 24.2 Å². The number of amides is 1. The molecule has 0 spiro atoms. The quantitative estimate of drug-likeness (QED) is 0.550. The van der Waals surface area contributed by atoms with E-state index in [0.29, 0.717) is 18.2 Å². The van der Waals surface area contributed by atoms with Gasteiger partial charge in [-0.2, -0.15) is 0 Å². The summed E-state index contributed by atoms with van der Waals surface area (Å²) >= 11 is 0. The number of hydrogen-bond acceptors (Lipinski definition) is 4. The maximum atomic E-state index is 12.9. The molecule has 4 rings (SSSR count). The van der Waals surface area contributed by atoms with Crippen LogP contribution < -0.4 is 14.9 Å². The van der Waals surface area contributed by atoms with Crippen molar-refractivity contribution in [2.24, 2.45) is 5.92 Å². The predicted molar refractivity (Wildman–Crippen MR) is 123 cm³/mol. The Balaban J connectivity index is 1.54. The third-order valence-corrected chi connectivity index (χ3v) is 6.74. The summed E-state index contributed by atoms with van der Waals surface area (Å²) < 4.78 is 27.7. The van der Waals surface area contributed by atoms with E-state index in [1.54, 1.807) is 12.1 Å². The van der Waals surface area contributed by atoms with Crippen LogP contribution in [0.2, 0.25) is 0 Å². The van der Waals surface area contributed by atoms with Crippen molar-refractivity contribution in [3.63, 3.8) is 0 Å². The van der Waals surface area contributed by atoms with Crippen molar-refractivity contribution in [3.05, 3.63) is 84.4 Å². The lowest BCUT2D eigenvalue weighted by Gasteiger charge is -2.22. The molecule has 0 bridgehead atoms. The van der Waals surface area contributed by atoms with Gasteiger partial charge in [-0.1, -0.05) is 36.4 Å². The number of carbonyl (C=O) groups is 1. The molecular weight excluding hydrogens is 410 g/mol. The fraction of sp³-hybridized carbons (Fsp3) is 0.208. The molecule has 0 heterocycles. The number of hydrogen-bond donors (Lipinski definition) is 2. The normalized spacial score (nSPS) is 13.6. The summed E-state index contributed by atoms with van der Waals surface area (Å²) in [6.07, 6.45) is 2.11. The predicted octanol–water partition coefficient (Wildman–Crippen LogP) is 4.40. The van der Waals surface area contributed by atoms with Crippen molar-refractivity contribution < 1.29 is 13.2 Å². The van der Waals surface area contributed by atoms with Gasteiger partial charge in [0.2, 0.25) is 10.0 Å². The minimum atomic E-state index is -3.64. The maximum Gasteiger partial charge on any atom is 0.255 e. The largest absolute Gasteiger partial charge is 0.343 e. The molecule has 2 N–H and O–H groups in total. The van der Waals surface area contributed by atoms with Crippen molar-refractivity contribution >= 4 is 33.0 Å². The van der Waals surface area contributed by atoms with Crippen LogP contribution in [0, 0.1) is 5.92 Å². The molecule has 3 aromatic carbocycles. The summed E-state index contributed by atoms with van der Waals surface area (Å²) in [5, 5.41) is 2.92. The van der Waals surface area contributed by atoms with Gasteiger partial charge >= 0.3 is 0 Å². The number of sulfonamides is 1. The van der Waals surface area contributed by atoms with Crippen LogP contribution in [-0.2, 0) is 10.0 Å². The van der Waals surface area contributed by atoms with Crippen molar-refractivity contribution in [2.45, 2.75) is 17.7 Å². The van der Waals surface area contributed by atoms with E-state index in [9.17, 15) is 13.2 Å². The number of carbonyl (C=O) groups excluding carboxylic acids is 1. The standard InChI is InChI=1S/C24H25N3O3S/c1-27(20-9-3-2-4-10-20)23-13-6-5-12-22(23)26-24(28)19-8-7-11-21(16-19)31(29,30)25-17-18-14-15-18/h2-13,16,18,25H,14-15,17H2,1H3,(H,26,28). The lowest BCUT2D eigenvalue weighted by atomic mass is 10.2. The molecule has 31 heavy (non-hydrogen) atoms. The molecule has 7 heteroatoms. The van der Waals surface area contributed by atoms with Crippen LogP contribution in [0.25, 0.3) is 0 Å². The molecule has 0 aliphatic heterocycles. The zero-order valence-electron chi connectivity index (χ0n) is 17.3. The first-order chi connectivity index (χ1) is 14.9. The molecule has 1 saturated carbocycles. The summed E-state index contributed by atoms with van der Waals surface area (Å²) in [6.45, 7) is 0.442. The summed E-state index contributed by atoms with van der Waals surface area (Å²) in [5.41, 5.74) is 2.74. The van der Waals surface area contributed by atoms with Crippen LogP contribution in [0.4, 0.5) is 17.1 Å². The Morgan fingerprint density at radius 2 is 1.68 bits per heavy atom. The molecule has 1 amide bonds. The monoisotopic (exact) mass is 435 g/mol. The van der Waals surface area contributed by atoms with E-state index in [-0.39, 0.29) is 16.4 Å². The van der Waals surface area contributed by atoms with E-state index < -0.39 is 10.0 Å². The molecule has 0 unspecified atom stereocenters. The molecule has 1 aliphatic carbocycles. The summed E-state index contributed by atoms with van der Waals surface area (Å²) in [5.74, 6) is 0.0625. The molecule has 0 radical (unpaired) electrons. The average Bonchev–Trinajstić information content (AvgIpc) is 3.63. The molecule has 0 atom stereocenters. The number of para-hydroxylation sites is 3. The lowest BCUT2D eigenvalue weighted by molar-refractivity contribution is 0.102. The fourth-order valence-corrected chi connectivity index (χ4v) is 4.46. The highest BCUT2D eigenvalue weighted by Gasteiger charge is 2.24. The zero-order valence-corrected chi connectivity index (χ0v) is 18.1. The van der Waals surface area contributed by atoms with Crippen LogP contribution >= 0.6 is 0 Å². The second kappa shape index (κ2) is 8.91. The second-order valence-electron chi connectivity index (χ2n) is 7.69. The average molecular weight is 436 g/mol. The van der Waals surface area contributed by atoms with Gasteiger partial charge in [0.25, 0.3) is 5.91 Å². The van der Waals surface area contributed by atoms with Gasteiger partial charge in [0, 0.05) is 24.8 Å². The van der Waals surface area contributed by atoms with E-state index in [2.05, 4.69) is 10.0 Å². The molecular formula is C24H25N3O3S. The molecule has 0 aromatic heterocycles. The Morgan fingerprint density at radius 1 is 0.968 bits per heavy atom. The van der Waals surface area contributed by atoms with Crippen LogP contribution in [0.3, 0.4) is 0 Å². The smallest absolute Gasteiger partial charge is 0.255 e. The number of anilines is 3. The van der Waals surface area contributed by atoms with Gasteiger partial charge in [-0.25, -0.2) is 13.1 Å². The Bertz CT molecular complexity index is 1180. The van der Waals surface area contributed by atoms with Gasteiger partial charge in [0.1, 0.15) is 0 Å². The van der Waals surface area contributed by atoms with Gasteiger partial charge in [-0.15, -0.1) is 0 Å². The van der Waals surface area contributed by atoms with Gasteiger partial charge in [0.05, 0.1) is 16.3 Å². The SMILES string of the molecule is CN(c1ccccc1)c1ccccc1NC(=O)c1cccc(S(=O)(=O)NCC2CC2)c1. The van der Waals surface area contributed by atoms with Crippen molar-refractivity contribution in [2.75, 3.05) is 23.8 Å². The van der Waals surface area contributed by atoms with Gasteiger partial charge in [-0.05, 0) is 61.2 Å². The van der Waals surface area contributed by atoms with Crippen molar-refractivity contribution in [1.29, 1.82) is 0 Å². The van der Waals surface area contributed by atoms with Crippen molar-refractivity contribution in [3.8, 4) is 0 Å². The lowest BCUT2D eigenvalue weighted by Crippen LogP contribution is -2.26. The topological polar surface area (TPSA) is 78.5 Å². The summed E-state index contributed by atoms with van der Waals surface area (Å²) in [6, 6.07) is 23.4.